The lowest BCUT2D eigenvalue weighted by Gasteiger charge is -2.31. The van der Waals surface area contributed by atoms with Crippen molar-refractivity contribution in [3.63, 3.8) is 0 Å². The zero-order chi connectivity index (χ0) is 14.5. The minimum absolute atomic E-state index is 0.0860. The molecule has 0 saturated carbocycles. The quantitative estimate of drug-likeness (QED) is 0.800. The molecule has 1 heterocycles. The molecule has 20 heavy (non-hydrogen) atoms. The van der Waals surface area contributed by atoms with Gasteiger partial charge >= 0.3 is 5.97 Å². The maximum absolute atomic E-state index is 12.1. The second-order valence-corrected chi connectivity index (χ2v) is 5.27. The molecule has 5 heteroatoms. The molecule has 1 fully saturated rings. The van der Waals surface area contributed by atoms with Crippen molar-refractivity contribution < 1.29 is 14.3 Å². The van der Waals surface area contributed by atoms with Crippen molar-refractivity contribution in [1.82, 2.24) is 10.6 Å². The molecule has 1 amide bonds. The molecule has 1 aliphatic heterocycles. The molecule has 0 aliphatic carbocycles. The van der Waals surface area contributed by atoms with E-state index in [0.29, 0.717) is 6.54 Å². The van der Waals surface area contributed by atoms with Crippen molar-refractivity contribution in [1.29, 1.82) is 0 Å². The Hall–Kier alpha value is -1.88. The van der Waals surface area contributed by atoms with Crippen LogP contribution in [0.5, 0.6) is 0 Å². The zero-order valence-electron chi connectivity index (χ0n) is 11.8. The van der Waals surface area contributed by atoms with E-state index in [9.17, 15) is 9.59 Å². The van der Waals surface area contributed by atoms with Crippen LogP contribution in [0.1, 0.15) is 19.4 Å². The lowest BCUT2D eigenvalue weighted by atomic mass is 10.0. The van der Waals surface area contributed by atoms with Crippen LogP contribution >= 0.6 is 0 Å². The van der Waals surface area contributed by atoms with Gasteiger partial charge in [0.05, 0.1) is 0 Å². The highest BCUT2D eigenvalue weighted by Gasteiger charge is 2.34. The number of hydrogen-bond acceptors (Lipinski definition) is 4. The molecule has 0 spiro atoms. The highest BCUT2D eigenvalue weighted by Crippen LogP contribution is 2.10. The second-order valence-electron chi connectivity index (χ2n) is 5.27. The number of amides is 1. The van der Waals surface area contributed by atoms with Gasteiger partial charge in [-0.3, -0.25) is 14.9 Å². The Morgan fingerprint density at radius 2 is 2.10 bits per heavy atom. The number of esters is 1. The summed E-state index contributed by atoms with van der Waals surface area (Å²) in [6.07, 6.45) is 0. The van der Waals surface area contributed by atoms with Gasteiger partial charge in [-0.15, -0.1) is 0 Å². The Kier molecular flexibility index (Phi) is 4.74. The third-order valence-corrected chi connectivity index (χ3v) is 3.32. The first-order valence-corrected chi connectivity index (χ1v) is 6.82. The molecular weight excluding hydrogens is 256 g/mol. The Morgan fingerprint density at radius 3 is 2.75 bits per heavy atom. The third-order valence-electron chi connectivity index (χ3n) is 3.32. The number of benzene rings is 1. The summed E-state index contributed by atoms with van der Waals surface area (Å²) < 4.78 is 5.08. The highest BCUT2D eigenvalue weighted by molar-refractivity contribution is 5.85. The van der Waals surface area contributed by atoms with Crippen LogP contribution in [-0.4, -0.2) is 30.6 Å². The van der Waals surface area contributed by atoms with Gasteiger partial charge in [0.25, 0.3) is 0 Å². The molecule has 2 rings (SSSR count). The molecule has 5 nitrogen and oxygen atoms in total. The average molecular weight is 276 g/mol. The van der Waals surface area contributed by atoms with Crippen LogP contribution in [0.25, 0.3) is 0 Å². The summed E-state index contributed by atoms with van der Waals surface area (Å²) in [5.74, 6) is -0.341. The van der Waals surface area contributed by atoms with E-state index in [0.717, 1.165) is 5.56 Å². The predicted molar refractivity (Wildman–Crippen MR) is 74.8 cm³/mol. The van der Waals surface area contributed by atoms with Crippen LogP contribution in [-0.2, 0) is 20.9 Å². The molecular formula is C15H20N2O3. The van der Waals surface area contributed by atoms with Crippen LogP contribution in [0.2, 0.25) is 0 Å². The minimum Gasteiger partial charge on any atom is -0.462 e. The molecule has 1 aromatic rings. The Labute approximate surface area is 118 Å². The van der Waals surface area contributed by atoms with Gasteiger partial charge in [0.1, 0.15) is 18.7 Å². The van der Waals surface area contributed by atoms with Crippen molar-refractivity contribution >= 4 is 11.9 Å². The van der Waals surface area contributed by atoms with Gasteiger partial charge in [-0.05, 0) is 11.5 Å². The summed E-state index contributed by atoms with van der Waals surface area (Å²) in [6, 6.07) is 8.78. The Balaban J connectivity index is 1.88. The largest absolute Gasteiger partial charge is 0.462 e. The van der Waals surface area contributed by atoms with E-state index >= 15 is 0 Å². The van der Waals surface area contributed by atoms with Crippen LogP contribution in [0, 0.1) is 5.92 Å². The molecule has 2 atom stereocenters. The number of nitrogens with one attached hydrogen (secondary N) is 2. The van der Waals surface area contributed by atoms with Crippen LogP contribution in [0.4, 0.5) is 0 Å². The van der Waals surface area contributed by atoms with Crippen LogP contribution in [0.15, 0.2) is 30.3 Å². The molecule has 0 aromatic heterocycles. The fourth-order valence-electron chi connectivity index (χ4n) is 2.11. The van der Waals surface area contributed by atoms with Gasteiger partial charge in [-0.1, -0.05) is 44.2 Å². The van der Waals surface area contributed by atoms with E-state index < -0.39 is 12.1 Å². The van der Waals surface area contributed by atoms with Gasteiger partial charge in [0.2, 0.25) is 5.91 Å². The summed E-state index contributed by atoms with van der Waals surface area (Å²) in [5, 5.41) is 5.90. The molecule has 1 aliphatic rings. The second kappa shape index (κ2) is 6.52. The molecule has 1 aromatic carbocycles. The first-order chi connectivity index (χ1) is 9.58. The predicted octanol–water partition coefficient (Wildman–Crippen LogP) is 0.842. The van der Waals surface area contributed by atoms with E-state index in [2.05, 4.69) is 10.6 Å². The van der Waals surface area contributed by atoms with E-state index in [-0.39, 0.29) is 24.4 Å². The molecule has 1 saturated heterocycles. The Bertz CT molecular complexity index is 473. The summed E-state index contributed by atoms with van der Waals surface area (Å²) in [4.78, 5) is 23.6. The number of hydrogen-bond donors (Lipinski definition) is 2. The van der Waals surface area contributed by atoms with Gasteiger partial charge in [0, 0.05) is 6.54 Å². The van der Waals surface area contributed by atoms with E-state index in [1.54, 1.807) is 0 Å². The van der Waals surface area contributed by atoms with E-state index in [1.165, 1.54) is 0 Å². The maximum Gasteiger partial charge on any atom is 0.323 e. The Morgan fingerprint density at radius 1 is 1.40 bits per heavy atom. The number of ether oxygens (including phenoxy) is 1. The van der Waals surface area contributed by atoms with Crippen molar-refractivity contribution in [2.75, 3.05) is 6.61 Å². The monoisotopic (exact) mass is 276 g/mol. The minimum atomic E-state index is -0.483. The number of carbonyl (C=O) groups excluding carboxylic acids is 2. The molecule has 108 valence electrons. The number of morpholine rings is 1. The molecule has 0 unspecified atom stereocenters. The van der Waals surface area contributed by atoms with Crippen molar-refractivity contribution in [3.05, 3.63) is 35.9 Å². The smallest absolute Gasteiger partial charge is 0.323 e. The molecule has 2 N–H and O–H groups in total. The summed E-state index contributed by atoms with van der Waals surface area (Å²) >= 11 is 0. The number of cyclic esters (lactones) is 1. The maximum atomic E-state index is 12.1. The van der Waals surface area contributed by atoms with E-state index in [4.69, 9.17) is 4.74 Å². The summed E-state index contributed by atoms with van der Waals surface area (Å²) in [5.41, 5.74) is 1.04. The first kappa shape index (κ1) is 14.5. The SMILES string of the molecule is CC(C)[C@@H]1N[C@H](C(=O)NCc2ccccc2)COC1=O. The number of rotatable bonds is 4. The van der Waals surface area contributed by atoms with Gasteiger partial charge < -0.3 is 10.1 Å². The standard InChI is InChI=1S/C15H20N2O3/c1-10(2)13-15(19)20-9-12(17-13)14(18)16-8-11-6-4-3-5-7-11/h3-7,10,12-13,17H,8-9H2,1-2H3,(H,16,18)/t12-,13-/m0/s1. The molecule has 0 bridgehead atoms. The van der Waals surface area contributed by atoms with Crippen molar-refractivity contribution in [2.45, 2.75) is 32.5 Å². The van der Waals surface area contributed by atoms with Crippen LogP contribution < -0.4 is 10.6 Å². The van der Waals surface area contributed by atoms with Gasteiger partial charge in [-0.25, -0.2) is 0 Å². The summed E-state index contributed by atoms with van der Waals surface area (Å²) in [6.45, 7) is 4.40. The van der Waals surface area contributed by atoms with E-state index in [1.807, 2.05) is 44.2 Å². The first-order valence-electron chi connectivity index (χ1n) is 6.82. The summed E-state index contributed by atoms with van der Waals surface area (Å²) in [7, 11) is 0. The van der Waals surface area contributed by atoms with Gasteiger partial charge in [-0.2, -0.15) is 0 Å². The fourth-order valence-corrected chi connectivity index (χ4v) is 2.11. The normalized spacial score (nSPS) is 22.4. The highest BCUT2D eigenvalue weighted by atomic mass is 16.5. The topological polar surface area (TPSA) is 67.4 Å². The third kappa shape index (κ3) is 3.57. The number of carbonyl (C=O) groups is 2. The van der Waals surface area contributed by atoms with Crippen molar-refractivity contribution in [3.8, 4) is 0 Å². The van der Waals surface area contributed by atoms with Gasteiger partial charge in [0.15, 0.2) is 0 Å². The average Bonchev–Trinajstić information content (AvgIpc) is 2.46. The fraction of sp³-hybridized carbons (Fsp3) is 0.467. The zero-order valence-corrected chi connectivity index (χ0v) is 11.8. The van der Waals surface area contributed by atoms with Crippen molar-refractivity contribution in [2.24, 2.45) is 5.92 Å². The lowest BCUT2D eigenvalue weighted by Crippen LogP contribution is -2.59. The molecule has 0 radical (unpaired) electrons. The van der Waals surface area contributed by atoms with Crippen LogP contribution in [0.3, 0.4) is 0 Å². The lowest BCUT2D eigenvalue weighted by molar-refractivity contribution is -0.155.